The van der Waals surface area contributed by atoms with E-state index in [9.17, 15) is 15.0 Å². The van der Waals surface area contributed by atoms with Gasteiger partial charge in [-0.25, -0.2) is 4.79 Å². The molecule has 0 aromatic heterocycles. The zero-order valence-electron chi connectivity index (χ0n) is 11.3. The fraction of sp³-hybridized carbons (Fsp3) is 0.533. The summed E-state index contributed by atoms with van der Waals surface area (Å²) in [4.78, 5) is 11.6. The number of hydrogen-bond acceptors (Lipinski definition) is 4. The molecule has 2 N–H and O–H groups in total. The molecule has 0 bridgehead atoms. The number of ether oxygens (including phenoxy) is 1. The number of aliphatic hydroxyl groups is 2. The second kappa shape index (κ2) is 3.81. The first kappa shape index (κ1) is 12.6. The number of carbonyl (C=O) groups is 1. The van der Waals surface area contributed by atoms with E-state index in [-0.39, 0.29) is 17.3 Å². The van der Waals surface area contributed by atoms with Crippen LogP contribution in [0.3, 0.4) is 0 Å². The van der Waals surface area contributed by atoms with Crippen LogP contribution in [0, 0.1) is 11.3 Å². The third-order valence-corrected chi connectivity index (χ3v) is 4.97. The Labute approximate surface area is 112 Å². The van der Waals surface area contributed by atoms with Crippen molar-refractivity contribution in [3.63, 3.8) is 0 Å². The molecule has 0 spiro atoms. The predicted octanol–water partition coefficient (Wildman–Crippen LogP) is 1.45. The fourth-order valence-electron chi connectivity index (χ4n) is 3.28. The maximum atomic E-state index is 11.6. The normalized spacial score (nSPS) is 41.3. The molecule has 4 heteroatoms. The average molecular weight is 262 g/mol. The molecule has 3 aliphatic rings. The van der Waals surface area contributed by atoms with Gasteiger partial charge >= 0.3 is 5.97 Å². The lowest BCUT2D eigenvalue weighted by molar-refractivity contribution is -0.133. The molecule has 0 fully saturated rings. The first-order chi connectivity index (χ1) is 8.84. The van der Waals surface area contributed by atoms with E-state index in [1.807, 2.05) is 13.0 Å². The average Bonchev–Trinajstić information content (AvgIpc) is 2.62. The van der Waals surface area contributed by atoms with Crippen LogP contribution in [-0.4, -0.2) is 28.4 Å². The van der Waals surface area contributed by atoms with Crippen molar-refractivity contribution < 1.29 is 19.7 Å². The molecule has 2 aliphatic carbocycles. The number of carbonyl (C=O) groups excluding carboxylic acids is 1. The molecule has 102 valence electrons. The molecule has 0 saturated heterocycles. The van der Waals surface area contributed by atoms with Crippen LogP contribution in [0.5, 0.6) is 0 Å². The Bertz CT molecular complexity index is 554. The minimum Gasteiger partial charge on any atom is -0.423 e. The van der Waals surface area contributed by atoms with Gasteiger partial charge in [0, 0.05) is 16.6 Å². The molecule has 0 aromatic rings. The predicted molar refractivity (Wildman–Crippen MR) is 68.9 cm³/mol. The number of esters is 1. The third kappa shape index (κ3) is 1.56. The van der Waals surface area contributed by atoms with Crippen LogP contribution in [0.15, 0.2) is 34.6 Å². The Balaban J connectivity index is 2.15. The molecule has 0 unspecified atom stereocenters. The summed E-state index contributed by atoms with van der Waals surface area (Å²) in [5.41, 5.74) is 2.26. The monoisotopic (exact) mass is 262 g/mol. The van der Waals surface area contributed by atoms with Crippen molar-refractivity contribution in [3.8, 4) is 0 Å². The van der Waals surface area contributed by atoms with E-state index < -0.39 is 12.2 Å². The smallest absolute Gasteiger partial charge is 0.339 e. The summed E-state index contributed by atoms with van der Waals surface area (Å²) in [6.07, 6.45) is 2.53. The Hall–Kier alpha value is -1.39. The van der Waals surface area contributed by atoms with Crippen molar-refractivity contribution in [2.75, 3.05) is 0 Å². The largest absolute Gasteiger partial charge is 0.423 e. The highest BCUT2D eigenvalue weighted by atomic mass is 16.5. The Morgan fingerprint density at radius 2 is 2.11 bits per heavy atom. The summed E-state index contributed by atoms with van der Waals surface area (Å²) >= 11 is 0. The third-order valence-electron chi connectivity index (χ3n) is 4.97. The van der Waals surface area contributed by atoms with Gasteiger partial charge in [0.25, 0.3) is 0 Å². The molecular formula is C15H18O4. The summed E-state index contributed by atoms with van der Waals surface area (Å²) in [6, 6.07) is 0. The van der Waals surface area contributed by atoms with E-state index in [0.717, 1.165) is 11.1 Å². The zero-order valence-corrected chi connectivity index (χ0v) is 11.3. The van der Waals surface area contributed by atoms with Crippen LogP contribution in [0.1, 0.15) is 27.2 Å². The van der Waals surface area contributed by atoms with Crippen LogP contribution in [0.4, 0.5) is 0 Å². The standard InChI is InChI=1S/C15H18O4/c1-7-10-6-15(3)8(2)13(17)11(16)4-9(15)5-12(10)19-14(7)18/h4-5,8,11,13,16-17H,6H2,1-3H3/t8-,11-,13+,15+/m0/s1. The highest BCUT2D eigenvalue weighted by Crippen LogP contribution is 2.53. The number of rotatable bonds is 0. The number of fused-ring (bicyclic) bond motifs is 2. The summed E-state index contributed by atoms with van der Waals surface area (Å²) in [5.74, 6) is 0.219. The maximum absolute atomic E-state index is 11.6. The molecule has 4 atom stereocenters. The number of aliphatic hydroxyl groups excluding tert-OH is 2. The minimum atomic E-state index is -0.862. The molecule has 0 radical (unpaired) electrons. The Kier molecular flexibility index (Phi) is 2.53. The quantitative estimate of drug-likeness (QED) is 0.648. The van der Waals surface area contributed by atoms with Crippen LogP contribution in [-0.2, 0) is 9.53 Å². The summed E-state index contributed by atoms with van der Waals surface area (Å²) < 4.78 is 5.23. The lowest BCUT2D eigenvalue weighted by Gasteiger charge is -2.46. The van der Waals surface area contributed by atoms with Gasteiger partial charge in [-0.05, 0) is 37.0 Å². The van der Waals surface area contributed by atoms with Gasteiger partial charge in [-0.15, -0.1) is 0 Å². The summed E-state index contributed by atoms with van der Waals surface area (Å²) in [7, 11) is 0. The van der Waals surface area contributed by atoms with Crippen LogP contribution >= 0.6 is 0 Å². The van der Waals surface area contributed by atoms with Gasteiger partial charge in [0.15, 0.2) is 0 Å². The van der Waals surface area contributed by atoms with Gasteiger partial charge in [-0.3, -0.25) is 0 Å². The van der Waals surface area contributed by atoms with E-state index in [4.69, 9.17) is 4.74 Å². The molecule has 0 saturated carbocycles. The lowest BCUT2D eigenvalue weighted by atomic mass is 9.60. The molecule has 1 heterocycles. The van der Waals surface area contributed by atoms with Crippen molar-refractivity contribution in [2.24, 2.45) is 11.3 Å². The topological polar surface area (TPSA) is 66.8 Å². The van der Waals surface area contributed by atoms with E-state index in [2.05, 4.69) is 6.92 Å². The Morgan fingerprint density at radius 3 is 2.79 bits per heavy atom. The summed E-state index contributed by atoms with van der Waals surface area (Å²) in [5, 5.41) is 19.9. The van der Waals surface area contributed by atoms with Crippen molar-refractivity contribution in [2.45, 2.75) is 39.4 Å². The SMILES string of the molecule is CC1=C2C[C@@]3(C)C(=C[C@H](O)[C@H](O)[C@@H]3C)C=C2OC1=O. The van der Waals surface area contributed by atoms with E-state index in [1.54, 1.807) is 13.0 Å². The van der Waals surface area contributed by atoms with Crippen molar-refractivity contribution in [3.05, 3.63) is 34.6 Å². The lowest BCUT2D eigenvalue weighted by Crippen LogP contribution is -2.46. The molecule has 19 heavy (non-hydrogen) atoms. The molecule has 0 aromatic carbocycles. The van der Waals surface area contributed by atoms with Gasteiger partial charge < -0.3 is 14.9 Å². The van der Waals surface area contributed by atoms with Crippen LogP contribution < -0.4 is 0 Å². The zero-order chi connectivity index (χ0) is 13.9. The highest BCUT2D eigenvalue weighted by Gasteiger charge is 2.48. The first-order valence-electron chi connectivity index (χ1n) is 6.57. The highest BCUT2D eigenvalue weighted by molar-refractivity contribution is 5.94. The van der Waals surface area contributed by atoms with Gasteiger partial charge in [0.05, 0.1) is 12.2 Å². The minimum absolute atomic E-state index is 0.0868. The van der Waals surface area contributed by atoms with E-state index >= 15 is 0 Å². The van der Waals surface area contributed by atoms with Crippen molar-refractivity contribution in [1.29, 1.82) is 0 Å². The van der Waals surface area contributed by atoms with E-state index in [1.165, 1.54) is 0 Å². The van der Waals surface area contributed by atoms with Crippen molar-refractivity contribution >= 4 is 5.97 Å². The van der Waals surface area contributed by atoms with Gasteiger partial charge in [0.2, 0.25) is 0 Å². The first-order valence-corrected chi connectivity index (χ1v) is 6.57. The number of allylic oxidation sites excluding steroid dienone is 3. The molecule has 3 rings (SSSR count). The molecule has 4 nitrogen and oxygen atoms in total. The van der Waals surface area contributed by atoms with Crippen molar-refractivity contribution in [1.82, 2.24) is 0 Å². The molecule has 0 amide bonds. The van der Waals surface area contributed by atoms with Gasteiger partial charge in [-0.2, -0.15) is 0 Å². The number of hydrogen-bond donors (Lipinski definition) is 2. The Morgan fingerprint density at radius 1 is 1.42 bits per heavy atom. The van der Waals surface area contributed by atoms with Gasteiger partial charge in [-0.1, -0.05) is 13.8 Å². The fourth-order valence-corrected chi connectivity index (χ4v) is 3.28. The maximum Gasteiger partial charge on any atom is 0.339 e. The molecular weight excluding hydrogens is 244 g/mol. The van der Waals surface area contributed by atoms with Crippen LogP contribution in [0.2, 0.25) is 0 Å². The second-order valence-electron chi connectivity index (χ2n) is 5.99. The van der Waals surface area contributed by atoms with Gasteiger partial charge in [0.1, 0.15) is 5.76 Å². The van der Waals surface area contributed by atoms with Crippen LogP contribution in [0.25, 0.3) is 0 Å². The second-order valence-corrected chi connectivity index (χ2v) is 5.99. The summed E-state index contributed by atoms with van der Waals surface area (Å²) in [6.45, 7) is 5.78. The molecule has 1 aliphatic heterocycles. The van der Waals surface area contributed by atoms with E-state index in [0.29, 0.717) is 17.8 Å².